The Bertz CT molecular complexity index is 1170. The van der Waals surface area contributed by atoms with Crippen molar-refractivity contribution in [3.63, 3.8) is 0 Å². The van der Waals surface area contributed by atoms with Gasteiger partial charge in [0.25, 0.3) is 0 Å². The minimum Gasteiger partial charge on any atom is -0.497 e. The molecule has 0 spiro atoms. The molecule has 3 aromatic rings. The molecule has 0 amide bonds. The molecule has 0 radical (unpaired) electrons. The predicted octanol–water partition coefficient (Wildman–Crippen LogP) is 7.54. The Morgan fingerprint density at radius 1 is 0.800 bits per heavy atom. The van der Waals surface area contributed by atoms with Crippen LogP contribution in [0.25, 0.3) is 18.2 Å². The highest BCUT2D eigenvalue weighted by Crippen LogP contribution is 2.34. The normalized spacial score (nSPS) is 14.3. The van der Waals surface area contributed by atoms with Crippen molar-refractivity contribution >= 4 is 24.2 Å². The third-order valence-electron chi connectivity index (χ3n) is 6.42. The minimum absolute atomic E-state index is 0.439. The highest BCUT2D eigenvalue weighted by atomic mass is 16.5. The van der Waals surface area contributed by atoms with Crippen LogP contribution in [-0.2, 0) is 4.79 Å². The fraction of sp³-hybridized carbons (Fsp3) is 0.258. The summed E-state index contributed by atoms with van der Waals surface area (Å²) in [6.45, 7) is 0. The van der Waals surface area contributed by atoms with Gasteiger partial charge in [0.2, 0.25) is 0 Å². The van der Waals surface area contributed by atoms with Crippen LogP contribution in [0.3, 0.4) is 0 Å². The van der Waals surface area contributed by atoms with Crippen molar-refractivity contribution in [2.24, 2.45) is 0 Å². The van der Waals surface area contributed by atoms with E-state index in [9.17, 15) is 4.79 Å². The van der Waals surface area contributed by atoms with Gasteiger partial charge >= 0.3 is 5.97 Å². The van der Waals surface area contributed by atoms with Crippen molar-refractivity contribution in [3.8, 4) is 17.2 Å². The molecule has 0 aromatic heterocycles. The van der Waals surface area contributed by atoms with Crippen LogP contribution in [0.1, 0.15) is 60.3 Å². The molecule has 4 rings (SSSR count). The van der Waals surface area contributed by atoms with Crippen LogP contribution >= 0.6 is 0 Å². The van der Waals surface area contributed by atoms with E-state index in [2.05, 4.69) is 12.1 Å². The Morgan fingerprint density at radius 2 is 1.54 bits per heavy atom. The Labute approximate surface area is 207 Å². The maximum absolute atomic E-state index is 12.6. The monoisotopic (exact) mass is 468 g/mol. The van der Waals surface area contributed by atoms with E-state index in [0.29, 0.717) is 23.2 Å². The Morgan fingerprint density at radius 3 is 2.23 bits per heavy atom. The van der Waals surface area contributed by atoms with Crippen molar-refractivity contribution in [1.82, 2.24) is 0 Å². The maximum atomic E-state index is 12.6. The number of carbonyl (C=O) groups is 1. The number of esters is 1. The van der Waals surface area contributed by atoms with E-state index in [0.717, 1.165) is 16.7 Å². The molecule has 0 saturated heterocycles. The first-order valence-electron chi connectivity index (χ1n) is 12.2. The van der Waals surface area contributed by atoms with Crippen LogP contribution in [-0.4, -0.2) is 20.2 Å². The number of methoxy groups -OCH3 is 2. The molecule has 1 aliphatic rings. The maximum Gasteiger partial charge on any atom is 0.336 e. The molecule has 4 heteroatoms. The summed E-state index contributed by atoms with van der Waals surface area (Å²) in [5.74, 6) is 2.01. The van der Waals surface area contributed by atoms with Crippen LogP contribution in [0.2, 0.25) is 0 Å². The molecule has 1 aliphatic carbocycles. The molecule has 0 aliphatic heterocycles. The van der Waals surface area contributed by atoms with Gasteiger partial charge < -0.3 is 14.2 Å². The van der Waals surface area contributed by atoms with Crippen molar-refractivity contribution in [2.45, 2.75) is 38.0 Å². The van der Waals surface area contributed by atoms with E-state index < -0.39 is 5.97 Å². The lowest BCUT2D eigenvalue weighted by molar-refractivity contribution is -0.128. The summed E-state index contributed by atoms with van der Waals surface area (Å²) in [6, 6.07) is 21.7. The van der Waals surface area contributed by atoms with E-state index in [1.54, 1.807) is 26.4 Å². The molecule has 0 bridgehead atoms. The third-order valence-corrected chi connectivity index (χ3v) is 6.42. The first-order valence-corrected chi connectivity index (χ1v) is 12.2. The summed E-state index contributed by atoms with van der Waals surface area (Å²) in [6.07, 6.45) is 13.6. The van der Waals surface area contributed by atoms with Gasteiger partial charge in [-0.3, -0.25) is 0 Å². The third kappa shape index (κ3) is 6.63. The second-order valence-corrected chi connectivity index (χ2v) is 8.73. The molecule has 0 unspecified atom stereocenters. The number of carbonyl (C=O) groups excluding carboxylic acids is 1. The zero-order valence-corrected chi connectivity index (χ0v) is 20.4. The molecule has 0 atom stereocenters. The first kappa shape index (κ1) is 24.3. The average molecular weight is 469 g/mol. The summed E-state index contributed by atoms with van der Waals surface area (Å²) in [4.78, 5) is 12.6. The predicted molar refractivity (Wildman–Crippen MR) is 142 cm³/mol. The molecular weight excluding hydrogens is 436 g/mol. The van der Waals surface area contributed by atoms with E-state index in [1.165, 1.54) is 43.7 Å². The molecule has 35 heavy (non-hydrogen) atoms. The Hall–Kier alpha value is -3.79. The standard InChI is InChI=1S/C31H32O4/c1-33-28-21-26(14-13-23-9-5-3-6-10-23)29(30(22-28)34-2)19-20-31(32)35-27-17-15-25(16-18-27)24-11-7-4-8-12-24/h3,5-6,9-10,13-22,24H,4,7-8,11-12H2,1-2H3/b14-13+,20-19+. The van der Waals surface area contributed by atoms with Gasteiger partial charge in [-0.1, -0.05) is 73.9 Å². The van der Waals surface area contributed by atoms with Crippen LogP contribution in [0, 0.1) is 0 Å². The van der Waals surface area contributed by atoms with Crippen LogP contribution in [0.5, 0.6) is 17.2 Å². The summed E-state index contributed by atoms with van der Waals surface area (Å²) < 4.78 is 16.6. The Balaban J connectivity index is 1.50. The van der Waals surface area contributed by atoms with Crippen LogP contribution in [0.4, 0.5) is 0 Å². The lowest BCUT2D eigenvalue weighted by Gasteiger charge is -2.21. The summed E-state index contributed by atoms with van der Waals surface area (Å²) >= 11 is 0. The van der Waals surface area contributed by atoms with Crippen molar-refractivity contribution < 1.29 is 19.0 Å². The van der Waals surface area contributed by atoms with Gasteiger partial charge in [-0.2, -0.15) is 0 Å². The van der Waals surface area contributed by atoms with Gasteiger partial charge in [0.15, 0.2) is 0 Å². The molecule has 180 valence electrons. The van der Waals surface area contributed by atoms with Gasteiger partial charge in [0, 0.05) is 17.7 Å². The summed E-state index contributed by atoms with van der Waals surface area (Å²) in [5, 5.41) is 0. The quantitative estimate of drug-likeness (QED) is 0.148. The lowest BCUT2D eigenvalue weighted by Crippen LogP contribution is -2.06. The summed E-state index contributed by atoms with van der Waals surface area (Å²) in [5.41, 5.74) is 4.04. The second-order valence-electron chi connectivity index (χ2n) is 8.73. The van der Waals surface area contributed by atoms with Gasteiger partial charge in [-0.05, 0) is 59.7 Å². The van der Waals surface area contributed by atoms with Crippen molar-refractivity contribution in [2.75, 3.05) is 14.2 Å². The highest BCUT2D eigenvalue weighted by molar-refractivity contribution is 5.91. The highest BCUT2D eigenvalue weighted by Gasteiger charge is 2.15. The average Bonchev–Trinajstić information content (AvgIpc) is 2.92. The fourth-order valence-electron chi connectivity index (χ4n) is 4.52. The van der Waals surface area contributed by atoms with Crippen molar-refractivity contribution in [1.29, 1.82) is 0 Å². The van der Waals surface area contributed by atoms with Crippen LogP contribution in [0.15, 0.2) is 72.8 Å². The smallest absolute Gasteiger partial charge is 0.336 e. The molecule has 1 saturated carbocycles. The molecule has 0 N–H and O–H groups in total. The van der Waals surface area contributed by atoms with E-state index in [-0.39, 0.29) is 0 Å². The fourth-order valence-corrected chi connectivity index (χ4v) is 4.52. The number of hydrogen-bond donors (Lipinski definition) is 0. The topological polar surface area (TPSA) is 44.8 Å². The second kappa shape index (κ2) is 12.1. The van der Waals surface area contributed by atoms with E-state index >= 15 is 0 Å². The van der Waals surface area contributed by atoms with Gasteiger partial charge in [-0.25, -0.2) is 4.79 Å². The van der Waals surface area contributed by atoms with E-state index in [1.807, 2.05) is 60.7 Å². The molecule has 0 heterocycles. The SMILES string of the molecule is COc1cc(/C=C/c2ccccc2)c(/C=C/C(=O)Oc2ccc(C3CCCCC3)cc2)c(OC)c1. The first-order chi connectivity index (χ1) is 17.2. The number of hydrogen-bond acceptors (Lipinski definition) is 4. The van der Waals surface area contributed by atoms with Crippen LogP contribution < -0.4 is 14.2 Å². The minimum atomic E-state index is -0.439. The van der Waals surface area contributed by atoms with E-state index in [4.69, 9.17) is 14.2 Å². The number of ether oxygens (including phenoxy) is 3. The number of benzene rings is 3. The van der Waals surface area contributed by atoms with Gasteiger partial charge in [0.05, 0.1) is 14.2 Å². The molecule has 4 nitrogen and oxygen atoms in total. The number of rotatable bonds is 8. The van der Waals surface area contributed by atoms with Crippen molar-refractivity contribution in [3.05, 3.63) is 95.1 Å². The zero-order chi connectivity index (χ0) is 24.5. The molecular formula is C31H32O4. The zero-order valence-electron chi connectivity index (χ0n) is 20.4. The molecule has 1 fully saturated rings. The largest absolute Gasteiger partial charge is 0.497 e. The summed E-state index contributed by atoms with van der Waals surface area (Å²) in [7, 11) is 3.22. The van der Waals surface area contributed by atoms with Gasteiger partial charge in [-0.15, -0.1) is 0 Å². The molecule has 3 aromatic carbocycles. The van der Waals surface area contributed by atoms with Gasteiger partial charge in [0.1, 0.15) is 17.2 Å². The Kier molecular flexibility index (Phi) is 8.39. The lowest BCUT2D eigenvalue weighted by atomic mass is 9.84.